The molecule has 4 N–H and O–H groups in total. The number of hydrogen-bond donors (Lipinski definition) is 4. The second-order valence-electron chi connectivity index (χ2n) is 7.70. The predicted molar refractivity (Wildman–Crippen MR) is 114 cm³/mol. The molecule has 7 heteroatoms. The number of benzene rings is 2. The van der Waals surface area contributed by atoms with E-state index in [-0.39, 0.29) is 17.7 Å². The van der Waals surface area contributed by atoms with Crippen molar-refractivity contribution in [3.05, 3.63) is 76.2 Å². The van der Waals surface area contributed by atoms with E-state index in [2.05, 4.69) is 39.3 Å². The van der Waals surface area contributed by atoms with Gasteiger partial charge in [0.25, 0.3) is 0 Å². The van der Waals surface area contributed by atoms with Gasteiger partial charge in [-0.1, -0.05) is 44.2 Å². The normalized spacial score (nSPS) is 11.7. The maximum absolute atomic E-state index is 11.4. The van der Waals surface area contributed by atoms with Crippen molar-refractivity contribution in [1.82, 2.24) is 20.2 Å². The van der Waals surface area contributed by atoms with Crippen LogP contribution < -0.4 is 11.0 Å². The summed E-state index contributed by atoms with van der Waals surface area (Å²) in [6.07, 6.45) is 0. The standard InChI is InChI=1S/C22H23N5O2/c1-22(2,16-6-4-3-5-15(16)12-28)13-23-20-10-9-17(26-27-20)14-7-8-18-19(11-14)25-21(29)24-18/h3-11,28H,12-13H2,1-2H3,(H,23,27)(H2,24,25,29). The minimum atomic E-state index is -0.229. The largest absolute Gasteiger partial charge is 0.392 e. The molecule has 0 atom stereocenters. The molecule has 0 fully saturated rings. The summed E-state index contributed by atoms with van der Waals surface area (Å²) in [4.78, 5) is 16.9. The number of hydrogen-bond acceptors (Lipinski definition) is 5. The predicted octanol–water partition coefficient (Wildman–Crippen LogP) is 3.20. The van der Waals surface area contributed by atoms with Gasteiger partial charge in [0.15, 0.2) is 0 Å². The van der Waals surface area contributed by atoms with Crippen molar-refractivity contribution in [2.45, 2.75) is 25.9 Å². The summed E-state index contributed by atoms with van der Waals surface area (Å²) in [6, 6.07) is 17.3. The summed E-state index contributed by atoms with van der Waals surface area (Å²) < 4.78 is 0. The summed E-state index contributed by atoms with van der Waals surface area (Å²) in [7, 11) is 0. The third-order valence-electron chi connectivity index (χ3n) is 5.10. The maximum Gasteiger partial charge on any atom is 0.323 e. The first kappa shape index (κ1) is 18.9. The fourth-order valence-electron chi connectivity index (χ4n) is 3.50. The summed E-state index contributed by atoms with van der Waals surface area (Å²) in [5.41, 5.74) is 4.72. The Labute approximate surface area is 167 Å². The smallest absolute Gasteiger partial charge is 0.323 e. The van der Waals surface area contributed by atoms with E-state index in [0.717, 1.165) is 33.4 Å². The number of rotatable bonds is 6. The molecule has 29 heavy (non-hydrogen) atoms. The van der Waals surface area contributed by atoms with E-state index in [1.165, 1.54) is 0 Å². The third kappa shape index (κ3) is 3.90. The zero-order valence-corrected chi connectivity index (χ0v) is 16.4. The Kier molecular flexibility index (Phi) is 4.90. The van der Waals surface area contributed by atoms with Crippen LogP contribution in [0.4, 0.5) is 5.82 Å². The van der Waals surface area contributed by atoms with E-state index < -0.39 is 0 Å². The highest BCUT2D eigenvalue weighted by molar-refractivity contribution is 5.80. The molecule has 0 saturated heterocycles. The lowest BCUT2D eigenvalue weighted by Gasteiger charge is -2.28. The van der Waals surface area contributed by atoms with E-state index in [1.807, 2.05) is 54.6 Å². The number of nitrogens with one attached hydrogen (secondary N) is 3. The van der Waals surface area contributed by atoms with Crippen molar-refractivity contribution in [3.8, 4) is 11.3 Å². The van der Waals surface area contributed by atoms with E-state index in [0.29, 0.717) is 12.4 Å². The van der Waals surface area contributed by atoms with Crippen molar-refractivity contribution in [1.29, 1.82) is 0 Å². The summed E-state index contributed by atoms with van der Waals surface area (Å²) in [5.74, 6) is 0.680. The van der Waals surface area contributed by atoms with Gasteiger partial charge in [0.1, 0.15) is 5.82 Å². The topological polar surface area (TPSA) is 107 Å². The van der Waals surface area contributed by atoms with Crippen molar-refractivity contribution in [2.75, 3.05) is 11.9 Å². The summed E-state index contributed by atoms with van der Waals surface area (Å²) >= 11 is 0. The highest BCUT2D eigenvalue weighted by Gasteiger charge is 2.23. The number of aromatic amines is 2. The van der Waals surface area contributed by atoms with Crippen LogP contribution in [0.2, 0.25) is 0 Å². The highest BCUT2D eigenvalue weighted by atomic mass is 16.3. The molecular formula is C22H23N5O2. The Balaban J connectivity index is 1.49. The first-order chi connectivity index (χ1) is 14.0. The van der Waals surface area contributed by atoms with Gasteiger partial charge in [0.05, 0.1) is 23.3 Å². The number of fused-ring (bicyclic) bond motifs is 1. The van der Waals surface area contributed by atoms with Gasteiger partial charge in [-0.2, -0.15) is 0 Å². The van der Waals surface area contributed by atoms with Crippen LogP contribution in [0.3, 0.4) is 0 Å². The van der Waals surface area contributed by atoms with Crippen molar-refractivity contribution < 1.29 is 5.11 Å². The molecule has 0 amide bonds. The molecular weight excluding hydrogens is 366 g/mol. The number of H-pyrrole nitrogens is 2. The second-order valence-corrected chi connectivity index (χ2v) is 7.70. The van der Waals surface area contributed by atoms with Crippen LogP contribution in [0, 0.1) is 0 Å². The van der Waals surface area contributed by atoms with Crippen molar-refractivity contribution in [3.63, 3.8) is 0 Å². The van der Waals surface area contributed by atoms with E-state index in [1.54, 1.807) is 0 Å². The SMILES string of the molecule is CC(C)(CNc1ccc(-c2ccc3[nH]c(=O)[nH]c3c2)nn1)c1ccccc1CO. The minimum absolute atomic E-state index is 0.0187. The van der Waals surface area contributed by atoms with E-state index in [9.17, 15) is 9.90 Å². The molecule has 0 spiro atoms. The first-order valence-electron chi connectivity index (χ1n) is 9.45. The van der Waals surface area contributed by atoms with Crippen LogP contribution in [0.15, 0.2) is 59.4 Å². The van der Waals surface area contributed by atoms with Gasteiger partial charge in [-0.25, -0.2) is 4.79 Å². The molecule has 2 heterocycles. The number of imidazole rings is 1. The molecule has 0 aliphatic carbocycles. The van der Waals surface area contributed by atoms with E-state index in [4.69, 9.17) is 0 Å². The Morgan fingerprint density at radius 1 is 1.00 bits per heavy atom. The number of aromatic nitrogens is 4. The Bertz CT molecular complexity index is 1190. The lowest BCUT2D eigenvalue weighted by Crippen LogP contribution is -2.29. The number of aliphatic hydroxyl groups is 1. The van der Waals surface area contributed by atoms with Gasteiger partial charge in [0.2, 0.25) is 0 Å². The summed E-state index contributed by atoms with van der Waals surface area (Å²) in [6.45, 7) is 4.92. The molecule has 148 valence electrons. The fraction of sp³-hybridized carbons (Fsp3) is 0.227. The Hall–Kier alpha value is -3.45. The van der Waals surface area contributed by atoms with Crippen LogP contribution in [0.25, 0.3) is 22.3 Å². The molecule has 0 bridgehead atoms. The Morgan fingerprint density at radius 3 is 2.55 bits per heavy atom. The molecule has 2 aromatic carbocycles. The van der Waals surface area contributed by atoms with Crippen LogP contribution in [0.5, 0.6) is 0 Å². The molecule has 0 aliphatic rings. The molecule has 4 aromatic rings. The first-order valence-corrected chi connectivity index (χ1v) is 9.45. The van der Waals surface area contributed by atoms with Gasteiger partial charge in [-0.15, -0.1) is 10.2 Å². The molecule has 2 aromatic heterocycles. The maximum atomic E-state index is 11.4. The van der Waals surface area contributed by atoms with Crippen LogP contribution >= 0.6 is 0 Å². The monoisotopic (exact) mass is 389 g/mol. The summed E-state index contributed by atoms with van der Waals surface area (Å²) in [5, 5.41) is 21.6. The average molecular weight is 389 g/mol. The fourth-order valence-corrected chi connectivity index (χ4v) is 3.50. The third-order valence-corrected chi connectivity index (χ3v) is 5.10. The van der Waals surface area contributed by atoms with Crippen LogP contribution in [-0.2, 0) is 12.0 Å². The van der Waals surface area contributed by atoms with Crippen molar-refractivity contribution in [2.24, 2.45) is 0 Å². The van der Waals surface area contributed by atoms with Crippen LogP contribution in [0.1, 0.15) is 25.0 Å². The van der Waals surface area contributed by atoms with Gasteiger partial charge >= 0.3 is 5.69 Å². The van der Waals surface area contributed by atoms with Gasteiger partial charge in [0, 0.05) is 17.5 Å². The quantitative estimate of drug-likeness (QED) is 0.405. The zero-order valence-electron chi connectivity index (χ0n) is 16.4. The van der Waals surface area contributed by atoms with Gasteiger partial charge in [-0.3, -0.25) is 0 Å². The average Bonchev–Trinajstić information content (AvgIpc) is 3.12. The number of nitrogens with zero attached hydrogens (tertiary/aromatic N) is 2. The molecule has 7 nitrogen and oxygen atoms in total. The lowest BCUT2D eigenvalue weighted by molar-refractivity contribution is 0.278. The molecule has 0 unspecified atom stereocenters. The Morgan fingerprint density at radius 2 is 1.79 bits per heavy atom. The minimum Gasteiger partial charge on any atom is -0.392 e. The van der Waals surface area contributed by atoms with Crippen LogP contribution in [-0.4, -0.2) is 31.8 Å². The van der Waals surface area contributed by atoms with E-state index >= 15 is 0 Å². The molecule has 4 rings (SSSR count). The molecule has 0 saturated carbocycles. The van der Waals surface area contributed by atoms with Crippen molar-refractivity contribution >= 4 is 16.9 Å². The number of anilines is 1. The van der Waals surface area contributed by atoms with Gasteiger partial charge in [-0.05, 0) is 35.4 Å². The molecule has 0 radical (unpaired) electrons. The zero-order chi connectivity index (χ0) is 20.4. The number of aliphatic hydroxyl groups excluding tert-OH is 1. The highest BCUT2D eigenvalue weighted by Crippen LogP contribution is 2.27. The second kappa shape index (κ2) is 7.52. The van der Waals surface area contributed by atoms with Gasteiger partial charge < -0.3 is 20.4 Å². The molecule has 0 aliphatic heterocycles. The lowest BCUT2D eigenvalue weighted by atomic mass is 9.82.